The lowest BCUT2D eigenvalue weighted by atomic mass is 9.96. The molecule has 3 aromatic rings. The van der Waals surface area contributed by atoms with Gasteiger partial charge in [0.05, 0.1) is 23.8 Å². The second-order valence-electron chi connectivity index (χ2n) is 7.38. The first-order valence-corrected chi connectivity index (χ1v) is 10.1. The van der Waals surface area contributed by atoms with Crippen molar-refractivity contribution in [2.24, 2.45) is 5.10 Å². The highest BCUT2D eigenvalue weighted by molar-refractivity contribution is 6.30. The standard InChI is InChI=1S/C23H18ClN3O4/c1-30-18-8-5-14(6-9-18)20-13-21-19-12-16(24)7-10-22(19)31-23(26(21)25-20)15-3-2-4-17(11-15)27(28)29/h2-12,21,23H,13H2,1H3/t21-,23+/m0/s1. The number of benzene rings is 3. The molecule has 0 aromatic heterocycles. The highest BCUT2D eigenvalue weighted by Crippen LogP contribution is 2.48. The number of methoxy groups -OCH3 is 1. The monoisotopic (exact) mass is 435 g/mol. The van der Waals surface area contributed by atoms with Crippen LogP contribution in [-0.2, 0) is 0 Å². The van der Waals surface area contributed by atoms with Gasteiger partial charge in [-0.05, 0) is 48.0 Å². The predicted molar refractivity (Wildman–Crippen MR) is 117 cm³/mol. The molecule has 0 saturated carbocycles. The Morgan fingerprint density at radius 2 is 1.97 bits per heavy atom. The number of rotatable bonds is 4. The van der Waals surface area contributed by atoms with Crippen LogP contribution in [0.1, 0.15) is 35.4 Å². The average molecular weight is 436 g/mol. The van der Waals surface area contributed by atoms with Crippen LogP contribution in [-0.4, -0.2) is 22.8 Å². The van der Waals surface area contributed by atoms with Gasteiger partial charge in [-0.1, -0.05) is 23.7 Å². The van der Waals surface area contributed by atoms with Gasteiger partial charge in [-0.3, -0.25) is 10.1 Å². The molecule has 0 unspecified atom stereocenters. The number of nitrogens with zero attached hydrogens (tertiary/aromatic N) is 3. The van der Waals surface area contributed by atoms with Gasteiger partial charge in [-0.15, -0.1) is 0 Å². The summed E-state index contributed by atoms with van der Waals surface area (Å²) in [5.41, 5.74) is 3.51. The minimum absolute atomic E-state index is 0.0121. The molecule has 8 heteroatoms. The number of hydrogen-bond acceptors (Lipinski definition) is 6. The van der Waals surface area contributed by atoms with Gasteiger partial charge in [0, 0.05) is 34.7 Å². The van der Waals surface area contributed by atoms with Crippen molar-refractivity contribution < 1.29 is 14.4 Å². The summed E-state index contributed by atoms with van der Waals surface area (Å²) in [6.45, 7) is 0. The Kier molecular flexibility index (Phi) is 4.75. The maximum Gasteiger partial charge on any atom is 0.269 e. The van der Waals surface area contributed by atoms with Crippen molar-refractivity contribution in [3.63, 3.8) is 0 Å². The van der Waals surface area contributed by atoms with Gasteiger partial charge in [0.15, 0.2) is 0 Å². The summed E-state index contributed by atoms with van der Waals surface area (Å²) in [6, 6.07) is 19.6. The molecule has 2 aliphatic heterocycles. The third-order valence-corrected chi connectivity index (χ3v) is 5.78. The van der Waals surface area contributed by atoms with Gasteiger partial charge in [0.1, 0.15) is 11.5 Å². The SMILES string of the molecule is COc1ccc(C2=NN3[C@@H](c4cccc([N+](=O)[O-])c4)Oc4ccc(Cl)cc4[C@@H]3C2)cc1. The van der Waals surface area contributed by atoms with Crippen LogP contribution in [0.15, 0.2) is 71.8 Å². The van der Waals surface area contributed by atoms with Crippen molar-refractivity contribution in [3.8, 4) is 11.5 Å². The number of hydrogen-bond donors (Lipinski definition) is 0. The Balaban J connectivity index is 1.58. The van der Waals surface area contributed by atoms with Crippen LogP contribution in [0.3, 0.4) is 0 Å². The minimum Gasteiger partial charge on any atom is -0.497 e. The van der Waals surface area contributed by atoms with Gasteiger partial charge in [0.2, 0.25) is 6.23 Å². The molecule has 0 radical (unpaired) electrons. The van der Waals surface area contributed by atoms with E-state index in [2.05, 4.69) is 0 Å². The highest BCUT2D eigenvalue weighted by Gasteiger charge is 2.41. The fourth-order valence-corrected chi connectivity index (χ4v) is 4.21. The van der Waals surface area contributed by atoms with Crippen LogP contribution in [0.4, 0.5) is 5.69 Å². The third-order valence-electron chi connectivity index (χ3n) is 5.54. The molecule has 2 aliphatic rings. The fourth-order valence-electron chi connectivity index (χ4n) is 4.03. The number of nitro groups is 1. The lowest BCUT2D eigenvalue weighted by Crippen LogP contribution is -2.33. The van der Waals surface area contributed by atoms with Crippen LogP contribution >= 0.6 is 11.6 Å². The van der Waals surface area contributed by atoms with Crippen LogP contribution < -0.4 is 9.47 Å². The average Bonchev–Trinajstić information content (AvgIpc) is 3.24. The summed E-state index contributed by atoms with van der Waals surface area (Å²) in [6.07, 6.45) is 0.0726. The van der Waals surface area contributed by atoms with Gasteiger partial charge in [-0.2, -0.15) is 5.10 Å². The van der Waals surface area contributed by atoms with Gasteiger partial charge < -0.3 is 9.47 Å². The molecule has 156 valence electrons. The lowest BCUT2D eigenvalue weighted by molar-refractivity contribution is -0.385. The number of halogens is 1. The molecule has 0 bridgehead atoms. The van der Waals surface area contributed by atoms with Crippen molar-refractivity contribution in [1.29, 1.82) is 0 Å². The van der Waals surface area contributed by atoms with Crippen LogP contribution in [0, 0.1) is 10.1 Å². The summed E-state index contributed by atoms with van der Waals surface area (Å²) >= 11 is 6.26. The molecule has 7 nitrogen and oxygen atoms in total. The molecule has 3 aromatic carbocycles. The maximum absolute atomic E-state index is 11.3. The molecule has 0 N–H and O–H groups in total. The van der Waals surface area contributed by atoms with E-state index in [1.54, 1.807) is 19.2 Å². The third kappa shape index (κ3) is 3.47. The molecule has 0 fully saturated rings. The Morgan fingerprint density at radius 3 is 2.71 bits per heavy atom. The Hall–Kier alpha value is -3.58. The molecule has 2 atom stereocenters. The molecular formula is C23H18ClN3O4. The number of fused-ring (bicyclic) bond motifs is 3. The maximum atomic E-state index is 11.3. The van der Waals surface area contributed by atoms with Crippen LogP contribution in [0.25, 0.3) is 0 Å². The molecular weight excluding hydrogens is 418 g/mol. The van der Waals surface area contributed by atoms with Crippen molar-refractivity contribution in [1.82, 2.24) is 5.01 Å². The molecule has 5 rings (SSSR count). The number of non-ortho nitro benzene ring substituents is 1. The van der Waals surface area contributed by atoms with E-state index in [-0.39, 0.29) is 11.7 Å². The number of nitro benzene ring substituents is 1. The van der Waals surface area contributed by atoms with Crippen LogP contribution in [0.2, 0.25) is 5.02 Å². The second kappa shape index (κ2) is 7.59. The molecule has 0 amide bonds. The summed E-state index contributed by atoms with van der Waals surface area (Å²) in [4.78, 5) is 10.9. The second-order valence-corrected chi connectivity index (χ2v) is 7.82. The normalized spacial score (nSPS) is 19.2. The zero-order valence-corrected chi connectivity index (χ0v) is 17.3. The van der Waals surface area contributed by atoms with Crippen molar-refractivity contribution >= 4 is 23.0 Å². The van der Waals surface area contributed by atoms with E-state index in [1.807, 2.05) is 47.5 Å². The van der Waals surface area contributed by atoms with Gasteiger partial charge in [0.25, 0.3) is 5.69 Å². The molecule has 0 aliphatic carbocycles. The van der Waals surface area contributed by atoms with E-state index in [0.29, 0.717) is 22.8 Å². The predicted octanol–water partition coefficient (Wildman–Crippen LogP) is 5.50. The largest absolute Gasteiger partial charge is 0.497 e. The zero-order chi connectivity index (χ0) is 21.5. The van der Waals surface area contributed by atoms with E-state index in [0.717, 1.165) is 22.6 Å². The number of ether oxygens (including phenoxy) is 2. The topological polar surface area (TPSA) is 77.2 Å². The first-order chi connectivity index (χ1) is 15.0. The van der Waals surface area contributed by atoms with Gasteiger partial charge >= 0.3 is 0 Å². The van der Waals surface area contributed by atoms with Crippen molar-refractivity contribution in [3.05, 3.63) is 98.6 Å². The summed E-state index contributed by atoms with van der Waals surface area (Å²) in [5, 5.41) is 18.6. The quantitative estimate of drug-likeness (QED) is 0.399. The van der Waals surface area contributed by atoms with E-state index in [4.69, 9.17) is 26.2 Å². The summed E-state index contributed by atoms with van der Waals surface area (Å²) in [5.74, 6) is 1.48. The highest BCUT2D eigenvalue weighted by atomic mass is 35.5. The Bertz CT molecular complexity index is 1200. The van der Waals surface area contributed by atoms with E-state index in [1.165, 1.54) is 12.1 Å². The zero-order valence-electron chi connectivity index (χ0n) is 16.6. The first kappa shape index (κ1) is 19.4. The molecule has 31 heavy (non-hydrogen) atoms. The van der Waals surface area contributed by atoms with Crippen LogP contribution in [0.5, 0.6) is 11.5 Å². The molecule has 0 spiro atoms. The minimum atomic E-state index is -0.589. The molecule has 0 saturated heterocycles. The summed E-state index contributed by atoms with van der Waals surface area (Å²) in [7, 11) is 1.63. The number of hydrazone groups is 1. The van der Waals surface area contributed by atoms with Crippen molar-refractivity contribution in [2.45, 2.75) is 18.7 Å². The first-order valence-electron chi connectivity index (χ1n) is 9.74. The molecule has 2 heterocycles. The summed E-state index contributed by atoms with van der Waals surface area (Å²) < 4.78 is 11.5. The lowest BCUT2D eigenvalue weighted by Gasteiger charge is -2.38. The fraction of sp³-hybridized carbons (Fsp3) is 0.174. The Labute approximate surface area is 183 Å². The van der Waals surface area contributed by atoms with E-state index in [9.17, 15) is 10.1 Å². The smallest absolute Gasteiger partial charge is 0.269 e. The van der Waals surface area contributed by atoms with Gasteiger partial charge in [-0.25, -0.2) is 5.01 Å². The Morgan fingerprint density at radius 1 is 1.16 bits per heavy atom. The van der Waals surface area contributed by atoms with E-state index < -0.39 is 11.2 Å². The van der Waals surface area contributed by atoms with E-state index >= 15 is 0 Å². The van der Waals surface area contributed by atoms with Crippen molar-refractivity contribution in [2.75, 3.05) is 7.11 Å².